The molecule has 1 aliphatic carbocycles. The summed E-state index contributed by atoms with van der Waals surface area (Å²) >= 11 is 3.50. The molecule has 1 atom stereocenters. The van der Waals surface area contributed by atoms with E-state index in [1.54, 1.807) is 4.90 Å². The lowest BCUT2D eigenvalue weighted by Gasteiger charge is -2.37. The van der Waals surface area contributed by atoms with Gasteiger partial charge in [0.25, 0.3) is 0 Å². The van der Waals surface area contributed by atoms with Crippen molar-refractivity contribution in [3.8, 4) is 0 Å². The minimum atomic E-state index is -0.132. The molecule has 1 fully saturated rings. The summed E-state index contributed by atoms with van der Waals surface area (Å²) in [4.78, 5) is 30.1. The standard InChI is InChI=1S/C27H38BrN3O3/c1-4-21(2)30(27(33)20-34-3)19-26(32)31(24-9-6-5-7-10-24)18-25-11-8-16-29(25)17-22-12-14-23(28)15-13-22/h8,11-16,21,24H,4-7,9-10,17-20H2,1-3H3/t21-/m1/s1. The number of benzene rings is 1. The fourth-order valence-corrected chi connectivity index (χ4v) is 4.94. The van der Waals surface area contributed by atoms with E-state index in [2.05, 4.69) is 57.0 Å². The third-order valence-corrected chi connectivity index (χ3v) is 7.40. The van der Waals surface area contributed by atoms with Crippen LogP contribution < -0.4 is 0 Å². The van der Waals surface area contributed by atoms with Gasteiger partial charge in [-0.25, -0.2) is 0 Å². The van der Waals surface area contributed by atoms with Crippen LogP contribution in [0.1, 0.15) is 63.6 Å². The van der Waals surface area contributed by atoms with Gasteiger partial charge in [0, 0.05) is 42.1 Å². The number of hydrogen-bond donors (Lipinski definition) is 0. The molecular formula is C27H38BrN3O3. The highest BCUT2D eigenvalue weighted by Crippen LogP contribution is 2.25. The molecule has 3 rings (SSSR count). The Morgan fingerprint density at radius 1 is 1.12 bits per heavy atom. The fraction of sp³-hybridized carbons (Fsp3) is 0.556. The second-order valence-electron chi connectivity index (χ2n) is 9.28. The lowest BCUT2D eigenvalue weighted by Crippen LogP contribution is -2.50. The zero-order valence-corrected chi connectivity index (χ0v) is 22.3. The number of amides is 2. The molecule has 0 unspecified atom stereocenters. The fourth-order valence-electron chi connectivity index (χ4n) is 4.68. The number of hydrogen-bond acceptors (Lipinski definition) is 3. The van der Waals surface area contributed by atoms with E-state index < -0.39 is 0 Å². The highest BCUT2D eigenvalue weighted by molar-refractivity contribution is 9.10. The van der Waals surface area contributed by atoms with E-state index in [0.717, 1.165) is 48.8 Å². The third kappa shape index (κ3) is 7.19. The van der Waals surface area contributed by atoms with Crippen LogP contribution in [0.25, 0.3) is 0 Å². The Morgan fingerprint density at radius 3 is 2.47 bits per heavy atom. The Hall–Kier alpha value is -2.12. The van der Waals surface area contributed by atoms with E-state index in [4.69, 9.17) is 4.74 Å². The SMILES string of the molecule is CC[C@@H](C)N(CC(=O)N(Cc1cccn1Cc1ccc(Br)cc1)C1CCCCC1)C(=O)COC. The van der Waals surface area contributed by atoms with Crippen LogP contribution in [0.15, 0.2) is 47.1 Å². The molecule has 0 spiro atoms. The van der Waals surface area contributed by atoms with Gasteiger partial charge in [0.05, 0.1) is 6.54 Å². The normalized spacial score (nSPS) is 15.2. The maximum absolute atomic E-state index is 13.7. The van der Waals surface area contributed by atoms with E-state index in [1.165, 1.54) is 19.1 Å². The molecule has 186 valence electrons. The number of methoxy groups -OCH3 is 1. The van der Waals surface area contributed by atoms with Crippen LogP contribution >= 0.6 is 15.9 Å². The van der Waals surface area contributed by atoms with Crippen molar-refractivity contribution >= 4 is 27.7 Å². The quantitative estimate of drug-likeness (QED) is 0.398. The molecule has 1 aliphatic rings. The van der Waals surface area contributed by atoms with Crippen molar-refractivity contribution in [3.63, 3.8) is 0 Å². The van der Waals surface area contributed by atoms with E-state index in [-0.39, 0.29) is 37.0 Å². The van der Waals surface area contributed by atoms with Gasteiger partial charge in [-0.2, -0.15) is 0 Å². The molecule has 0 bridgehead atoms. The number of carbonyl (C=O) groups excluding carboxylic acids is 2. The summed E-state index contributed by atoms with van der Waals surface area (Å²) in [5.41, 5.74) is 2.32. The van der Waals surface area contributed by atoms with Crippen LogP contribution in [-0.4, -0.2) is 58.5 Å². The molecule has 1 heterocycles. The topological polar surface area (TPSA) is 54.8 Å². The largest absolute Gasteiger partial charge is 0.375 e. The molecule has 0 aliphatic heterocycles. The Labute approximate surface area is 212 Å². The lowest BCUT2D eigenvalue weighted by molar-refractivity contribution is -0.146. The molecule has 2 aromatic rings. The van der Waals surface area contributed by atoms with E-state index in [9.17, 15) is 9.59 Å². The minimum absolute atomic E-state index is 0.00289. The predicted octanol–water partition coefficient (Wildman–Crippen LogP) is 5.23. The monoisotopic (exact) mass is 531 g/mol. The van der Waals surface area contributed by atoms with Gasteiger partial charge in [-0.05, 0) is 56.0 Å². The van der Waals surface area contributed by atoms with E-state index in [1.807, 2.05) is 24.8 Å². The van der Waals surface area contributed by atoms with Crippen molar-refractivity contribution in [3.05, 3.63) is 58.3 Å². The van der Waals surface area contributed by atoms with Gasteiger partial charge in [-0.3, -0.25) is 9.59 Å². The first kappa shape index (κ1) is 26.5. The average Bonchev–Trinajstić information content (AvgIpc) is 3.29. The number of carbonyl (C=O) groups is 2. The van der Waals surface area contributed by atoms with E-state index in [0.29, 0.717) is 6.54 Å². The molecule has 0 saturated heterocycles. The smallest absolute Gasteiger partial charge is 0.249 e. The van der Waals surface area contributed by atoms with Crippen molar-refractivity contribution < 1.29 is 14.3 Å². The molecule has 1 saturated carbocycles. The molecule has 7 heteroatoms. The molecule has 0 radical (unpaired) electrons. The highest BCUT2D eigenvalue weighted by Gasteiger charge is 2.30. The zero-order valence-electron chi connectivity index (χ0n) is 20.7. The number of aromatic nitrogens is 1. The summed E-state index contributed by atoms with van der Waals surface area (Å²) in [6.07, 6.45) is 8.43. The molecule has 1 aromatic carbocycles. The lowest BCUT2D eigenvalue weighted by atomic mass is 9.94. The number of nitrogens with zero attached hydrogens (tertiary/aromatic N) is 3. The van der Waals surface area contributed by atoms with Gasteiger partial charge in [0.15, 0.2) is 0 Å². The minimum Gasteiger partial charge on any atom is -0.375 e. The van der Waals surface area contributed by atoms with Gasteiger partial charge >= 0.3 is 0 Å². The molecule has 1 aromatic heterocycles. The van der Waals surface area contributed by atoms with Crippen molar-refractivity contribution in [1.82, 2.24) is 14.4 Å². The Bertz CT molecular complexity index is 921. The number of rotatable bonds is 11. The Kier molecular flexibility index (Phi) is 10.2. The molecule has 2 amide bonds. The van der Waals surface area contributed by atoms with Crippen LogP contribution in [0.3, 0.4) is 0 Å². The van der Waals surface area contributed by atoms with Crippen molar-refractivity contribution in [2.45, 2.75) is 77.5 Å². The first-order chi connectivity index (χ1) is 16.4. The maximum Gasteiger partial charge on any atom is 0.249 e. The van der Waals surface area contributed by atoms with Crippen LogP contribution in [0.5, 0.6) is 0 Å². The first-order valence-electron chi connectivity index (χ1n) is 12.4. The Balaban J connectivity index is 1.80. The molecule has 6 nitrogen and oxygen atoms in total. The summed E-state index contributed by atoms with van der Waals surface area (Å²) < 4.78 is 8.36. The number of halogens is 1. The van der Waals surface area contributed by atoms with Crippen LogP contribution in [0, 0.1) is 0 Å². The molecule has 34 heavy (non-hydrogen) atoms. The summed E-state index contributed by atoms with van der Waals surface area (Å²) in [7, 11) is 1.52. The highest BCUT2D eigenvalue weighted by atomic mass is 79.9. The maximum atomic E-state index is 13.7. The Morgan fingerprint density at radius 2 is 1.82 bits per heavy atom. The summed E-state index contributed by atoms with van der Waals surface area (Å²) in [5.74, 6) is -0.111. The predicted molar refractivity (Wildman–Crippen MR) is 138 cm³/mol. The van der Waals surface area contributed by atoms with Crippen molar-refractivity contribution in [1.29, 1.82) is 0 Å². The third-order valence-electron chi connectivity index (χ3n) is 6.87. The molecule has 0 N–H and O–H groups in total. The van der Waals surface area contributed by atoms with Crippen LogP contribution in [0.2, 0.25) is 0 Å². The summed E-state index contributed by atoms with van der Waals surface area (Å²) in [6, 6.07) is 12.7. The number of ether oxygens (including phenoxy) is 1. The van der Waals surface area contributed by atoms with Gasteiger partial charge in [-0.15, -0.1) is 0 Å². The zero-order chi connectivity index (χ0) is 24.5. The van der Waals surface area contributed by atoms with Crippen LogP contribution in [-0.2, 0) is 27.4 Å². The van der Waals surface area contributed by atoms with Gasteiger partial charge in [0.2, 0.25) is 11.8 Å². The van der Waals surface area contributed by atoms with E-state index >= 15 is 0 Å². The van der Waals surface area contributed by atoms with Crippen molar-refractivity contribution in [2.24, 2.45) is 0 Å². The van der Waals surface area contributed by atoms with Crippen LogP contribution in [0.4, 0.5) is 0 Å². The first-order valence-corrected chi connectivity index (χ1v) is 13.2. The van der Waals surface area contributed by atoms with Gasteiger partial charge in [-0.1, -0.05) is 54.2 Å². The average molecular weight is 533 g/mol. The van der Waals surface area contributed by atoms with Gasteiger partial charge < -0.3 is 19.1 Å². The second-order valence-corrected chi connectivity index (χ2v) is 10.2. The summed E-state index contributed by atoms with van der Waals surface area (Å²) in [5, 5.41) is 0. The van der Waals surface area contributed by atoms with Crippen molar-refractivity contribution in [2.75, 3.05) is 20.3 Å². The second kappa shape index (κ2) is 13.1. The summed E-state index contributed by atoms with van der Waals surface area (Å²) in [6.45, 7) is 5.44. The van der Waals surface area contributed by atoms with Gasteiger partial charge in [0.1, 0.15) is 13.2 Å². The molecular weight excluding hydrogens is 494 g/mol.